The van der Waals surface area contributed by atoms with Gasteiger partial charge in [-0.3, -0.25) is 4.79 Å². The molecule has 0 bridgehead atoms. The zero-order chi connectivity index (χ0) is 16.4. The predicted octanol–water partition coefficient (Wildman–Crippen LogP) is 2.57. The fourth-order valence-corrected chi connectivity index (χ4v) is 3.49. The van der Waals surface area contributed by atoms with Crippen molar-refractivity contribution in [1.82, 2.24) is 4.90 Å². The summed E-state index contributed by atoms with van der Waals surface area (Å²) >= 11 is 0. The quantitative estimate of drug-likeness (QED) is 0.869. The molecule has 0 saturated carbocycles. The molecule has 4 nitrogen and oxygen atoms in total. The fraction of sp³-hybridized carbons (Fsp3) is 0.278. The van der Waals surface area contributed by atoms with Crippen LogP contribution >= 0.6 is 0 Å². The zero-order valence-electron chi connectivity index (χ0n) is 13.0. The summed E-state index contributed by atoms with van der Waals surface area (Å²) in [7, 11) is -3.19. The van der Waals surface area contributed by atoms with Crippen LogP contribution < -0.4 is 0 Å². The average molecular weight is 329 g/mol. The molecule has 23 heavy (non-hydrogen) atoms. The first-order chi connectivity index (χ1) is 10.9. The van der Waals surface area contributed by atoms with Crippen molar-refractivity contribution in [1.29, 1.82) is 0 Å². The number of amides is 1. The smallest absolute Gasteiger partial charge is 0.223 e. The second-order valence-electron chi connectivity index (χ2n) is 5.93. The van der Waals surface area contributed by atoms with Crippen LogP contribution in [0.5, 0.6) is 0 Å². The third-order valence-electron chi connectivity index (χ3n) is 4.17. The van der Waals surface area contributed by atoms with Crippen LogP contribution in [-0.4, -0.2) is 25.5 Å². The molecule has 5 heteroatoms. The van der Waals surface area contributed by atoms with Gasteiger partial charge in [0.1, 0.15) is 0 Å². The molecule has 1 aliphatic rings. The van der Waals surface area contributed by atoms with E-state index in [-0.39, 0.29) is 5.91 Å². The number of aryl methyl sites for hydroxylation is 1. The third-order valence-corrected chi connectivity index (χ3v) is 5.29. The molecular weight excluding hydrogens is 310 g/mol. The number of hydrogen-bond donors (Lipinski definition) is 0. The van der Waals surface area contributed by atoms with Crippen LogP contribution in [0.1, 0.15) is 23.1 Å². The Morgan fingerprint density at radius 2 is 1.61 bits per heavy atom. The van der Waals surface area contributed by atoms with Gasteiger partial charge in [0.2, 0.25) is 5.91 Å². The predicted molar refractivity (Wildman–Crippen MR) is 88.6 cm³/mol. The van der Waals surface area contributed by atoms with E-state index < -0.39 is 9.84 Å². The number of hydrogen-bond acceptors (Lipinski definition) is 3. The number of fused-ring (bicyclic) bond motifs is 1. The highest BCUT2D eigenvalue weighted by atomic mass is 32.2. The molecule has 3 rings (SSSR count). The van der Waals surface area contributed by atoms with Crippen LogP contribution in [0.3, 0.4) is 0 Å². The lowest BCUT2D eigenvalue weighted by atomic mass is 10.0. The van der Waals surface area contributed by atoms with Crippen molar-refractivity contribution in [3.63, 3.8) is 0 Å². The summed E-state index contributed by atoms with van der Waals surface area (Å²) in [6, 6.07) is 14.9. The Labute approximate surface area is 136 Å². The molecule has 0 radical (unpaired) electrons. The number of carbonyl (C=O) groups is 1. The van der Waals surface area contributed by atoms with Gasteiger partial charge in [0, 0.05) is 25.8 Å². The first-order valence-corrected chi connectivity index (χ1v) is 9.46. The highest BCUT2D eigenvalue weighted by Gasteiger charge is 2.20. The Kier molecular flexibility index (Phi) is 4.22. The SMILES string of the molecule is CS(=O)(=O)c1ccc(CN2Cc3ccccc3CCC2=O)cc1. The Morgan fingerprint density at radius 3 is 2.26 bits per heavy atom. The van der Waals surface area contributed by atoms with Crippen LogP contribution in [0.25, 0.3) is 0 Å². The Balaban J connectivity index is 1.80. The van der Waals surface area contributed by atoms with E-state index in [1.54, 1.807) is 24.3 Å². The number of sulfone groups is 1. The van der Waals surface area contributed by atoms with Crippen molar-refractivity contribution in [2.45, 2.75) is 30.8 Å². The minimum absolute atomic E-state index is 0.133. The molecule has 0 aromatic heterocycles. The van der Waals surface area contributed by atoms with Gasteiger partial charge in [-0.05, 0) is 35.2 Å². The van der Waals surface area contributed by atoms with Crippen molar-refractivity contribution in [2.75, 3.05) is 6.26 Å². The third kappa shape index (κ3) is 3.62. The second kappa shape index (κ2) is 6.16. The topological polar surface area (TPSA) is 54.5 Å². The van der Waals surface area contributed by atoms with E-state index in [2.05, 4.69) is 12.1 Å². The summed E-state index contributed by atoms with van der Waals surface area (Å²) < 4.78 is 23.0. The first kappa shape index (κ1) is 15.7. The van der Waals surface area contributed by atoms with Crippen LogP contribution in [-0.2, 0) is 34.1 Å². The van der Waals surface area contributed by atoms with Crippen LogP contribution in [0.15, 0.2) is 53.4 Å². The lowest BCUT2D eigenvalue weighted by Gasteiger charge is -2.21. The van der Waals surface area contributed by atoms with E-state index in [1.807, 2.05) is 17.0 Å². The van der Waals surface area contributed by atoms with Gasteiger partial charge in [0.25, 0.3) is 0 Å². The number of nitrogens with zero attached hydrogens (tertiary/aromatic N) is 1. The monoisotopic (exact) mass is 329 g/mol. The highest BCUT2D eigenvalue weighted by Crippen LogP contribution is 2.21. The largest absolute Gasteiger partial charge is 0.334 e. The molecular formula is C18H19NO3S. The van der Waals surface area contributed by atoms with Crippen LogP contribution in [0.4, 0.5) is 0 Å². The molecule has 0 N–H and O–H groups in total. The molecule has 1 amide bonds. The van der Waals surface area contributed by atoms with Crippen LogP contribution in [0, 0.1) is 0 Å². The summed E-state index contributed by atoms with van der Waals surface area (Å²) in [4.78, 5) is 14.5. The Hall–Kier alpha value is -2.14. The first-order valence-electron chi connectivity index (χ1n) is 7.57. The van der Waals surface area contributed by atoms with Crippen molar-refractivity contribution in [2.24, 2.45) is 0 Å². The standard InChI is InChI=1S/C18H19NO3S/c1-23(21,22)17-9-6-14(7-10-17)12-19-13-16-5-3-2-4-15(16)8-11-18(19)20/h2-7,9-10H,8,11-13H2,1H3. The van der Waals surface area contributed by atoms with Gasteiger partial charge in [0.15, 0.2) is 9.84 Å². The maximum absolute atomic E-state index is 12.3. The molecule has 2 aromatic rings. The zero-order valence-corrected chi connectivity index (χ0v) is 13.8. The molecule has 120 valence electrons. The molecule has 2 aromatic carbocycles. The molecule has 1 aliphatic heterocycles. The normalized spacial score (nSPS) is 15.2. The van der Waals surface area contributed by atoms with E-state index in [0.717, 1.165) is 12.0 Å². The summed E-state index contributed by atoms with van der Waals surface area (Å²) in [5, 5.41) is 0. The highest BCUT2D eigenvalue weighted by molar-refractivity contribution is 7.90. The minimum Gasteiger partial charge on any atom is -0.334 e. The number of benzene rings is 2. The Bertz CT molecular complexity index is 826. The van der Waals surface area contributed by atoms with E-state index in [0.29, 0.717) is 24.4 Å². The van der Waals surface area contributed by atoms with Gasteiger partial charge in [-0.1, -0.05) is 36.4 Å². The average Bonchev–Trinajstić information content (AvgIpc) is 2.67. The summed E-state index contributed by atoms with van der Waals surface area (Å²) in [6.07, 6.45) is 2.48. The lowest BCUT2D eigenvalue weighted by molar-refractivity contribution is -0.132. The molecule has 0 atom stereocenters. The van der Waals surface area contributed by atoms with Crippen molar-refractivity contribution in [3.8, 4) is 0 Å². The van der Waals surface area contributed by atoms with E-state index >= 15 is 0 Å². The van der Waals surface area contributed by atoms with Crippen molar-refractivity contribution >= 4 is 15.7 Å². The molecule has 0 spiro atoms. The number of rotatable bonds is 3. The van der Waals surface area contributed by atoms with Gasteiger partial charge in [0.05, 0.1) is 4.90 Å². The van der Waals surface area contributed by atoms with Gasteiger partial charge >= 0.3 is 0 Å². The summed E-state index contributed by atoms with van der Waals surface area (Å²) in [5.41, 5.74) is 3.35. The van der Waals surface area contributed by atoms with Crippen molar-refractivity contribution < 1.29 is 13.2 Å². The summed E-state index contributed by atoms with van der Waals surface area (Å²) in [5.74, 6) is 0.133. The second-order valence-corrected chi connectivity index (χ2v) is 7.95. The molecule has 0 aliphatic carbocycles. The van der Waals surface area contributed by atoms with Gasteiger partial charge in [-0.15, -0.1) is 0 Å². The Morgan fingerprint density at radius 1 is 0.957 bits per heavy atom. The molecule has 0 fully saturated rings. The molecule has 0 unspecified atom stereocenters. The van der Waals surface area contributed by atoms with Gasteiger partial charge in [-0.2, -0.15) is 0 Å². The summed E-state index contributed by atoms with van der Waals surface area (Å²) in [6.45, 7) is 1.10. The molecule has 1 heterocycles. The fourth-order valence-electron chi connectivity index (χ4n) is 2.86. The van der Waals surface area contributed by atoms with Crippen molar-refractivity contribution in [3.05, 3.63) is 65.2 Å². The van der Waals surface area contributed by atoms with Gasteiger partial charge in [-0.25, -0.2) is 8.42 Å². The van der Waals surface area contributed by atoms with E-state index in [1.165, 1.54) is 17.4 Å². The van der Waals surface area contributed by atoms with E-state index in [4.69, 9.17) is 0 Å². The van der Waals surface area contributed by atoms with E-state index in [9.17, 15) is 13.2 Å². The minimum atomic E-state index is -3.19. The van der Waals surface area contributed by atoms with Crippen LogP contribution in [0.2, 0.25) is 0 Å². The lowest BCUT2D eigenvalue weighted by Crippen LogP contribution is -2.28. The maximum atomic E-state index is 12.3. The number of carbonyl (C=O) groups excluding carboxylic acids is 1. The van der Waals surface area contributed by atoms with Gasteiger partial charge < -0.3 is 4.90 Å². The maximum Gasteiger partial charge on any atom is 0.223 e. The molecule has 0 saturated heterocycles.